The molecule has 0 aromatic heterocycles. The summed E-state index contributed by atoms with van der Waals surface area (Å²) in [6, 6.07) is 19.5. The number of esters is 6. The highest BCUT2D eigenvalue weighted by Crippen LogP contribution is 2.57. The monoisotopic (exact) mass is 1080 g/mol. The lowest BCUT2D eigenvalue weighted by Crippen LogP contribution is -2.30. The Bertz CT molecular complexity index is 2570. The number of methoxy groups -OCH3 is 1. The third-order valence-corrected chi connectivity index (χ3v) is 15.5. The van der Waals surface area contributed by atoms with E-state index in [1.807, 2.05) is 19.1 Å². The smallest absolute Gasteiger partial charge is 0.330 e. The molecular formula is C58H66N2O14S2. The number of aryl methyl sites for hydroxylation is 1. The summed E-state index contributed by atoms with van der Waals surface area (Å²) in [4.78, 5) is 76.7. The summed E-state index contributed by atoms with van der Waals surface area (Å²) in [5, 5.41) is 9.27. The number of benzene rings is 3. The zero-order valence-corrected chi connectivity index (χ0v) is 44.9. The molecule has 18 heteroatoms. The highest BCUT2D eigenvalue weighted by Gasteiger charge is 2.35. The molecule has 76 heavy (non-hydrogen) atoms. The van der Waals surface area contributed by atoms with Crippen LogP contribution in [0.15, 0.2) is 106 Å². The molecule has 0 amide bonds. The molecule has 3 aromatic rings. The molecule has 0 spiro atoms. The van der Waals surface area contributed by atoms with Crippen LogP contribution < -0.4 is 23.7 Å². The van der Waals surface area contributed by atoms with Crippen LogP contribution in [0.3, 0.4) is 0 Å². The zero-order chi connectivity index (χ0) is 54.7. The molecule has 6 rings (SSSR count). The van der Waals surface area contributed by atoms with E-state index in [9.17, 15) is 34.0 Å². The maximum Gasteiger partial charge on any atom is 0.330 e. The fourth-order valence-corrected chi connectivity index (χ4v) is 11.0. The number of nitriles is 1. The van der Waals surface area contributed by atoms with Crippen LogP contribution in [0.5, 0.6) is 28.7 Å². The number of fused-ring (bicyclic) bond motifs is 1. The number of unbranched alkanes of at least 4 members (excludes halogenated alkanes) is 6. The molecule has 2 aliphatic carbocycles. The van der Waals surface area contributed by atoms with E-state index in [0.717, 1.165) is 84.6 Å². The zero-order valence-electron chi connectivity index (χ0n) is 43.2. The lowest BCUT2D eigenvalue weighted by atomic mass is 9.82. The van der Waals surface area contributed by atoms with Crippen molar-refractivity contribution < 1.29 is 66.7 Å². The summed E-state index contributed by atoms with van der Waals surface area (Å²) < 4.78 is 43.6. The predicted octanol–water partition coefficient (Wildman–Crippen LogP) is 12.0. The van der Waals surface area contributed by atoms with Gasteiger partial charge in [-0.1, -0.05) is 42.7 Å². The summed E-state index contributed by atoms with van der Waals surface area (Å²) in [6.07, 6.45) is 14.2. The number of carbonyl (C=O) groups is 6. The Morgan fingerprint density at radius 3 is 1.34 bits per heavy atom. The number of nitrogens with zero attached hydrogens (tertiary/aromatic N) is 2. The van der Waals surface area contributed by atoms with E-state index in [-0.39, 0.29) is 59.2 Å². The molecule has 0 atom stereocenters. The lowest BCUT2D eigenvalue weighted by molar-refractivity contribution is -0.149. The van der Waals surface area contributed by atoms with Gasteiger partial charge in [0, 0.05) is 17.0 Å². The largest absolute Gasteiger partial charge is 0.494 e. The summed E-state index contributed by atoms with van der Waals surface area (Å²) >= 11 is 2.64. The number of hydrogen-bond donors (Lipinski definition) is 0. The van der Waals surface area contributed by atoms with Gasteiger partial charge in [-0.3, -0.25) is 19.2 Å². The van der Waals surface area contributed by atoms with Gasteiger partial charge in [0.1, 0.15) is 28.7 Å². The molecule has 3 aromatic carbocycles. The van der Waals surface area contributed by atoms with Crippen LogP contribution in [0.2, 0.25) is 0 Å². The molecule has 2 fully saturated rings. The van der Waals surface area contributed by atoms with E-state index in [1.54, 1.807) is 54.6 Å². The Hall–Kier alpha value is -7.02. The first-order valence-electron chi connectivity index (χ1n) is 25.6. The Morgan fingerprint density at radius 2 is 0.947 bits per heavy atom. The molecule has 16 nitrogen and oxygen atoms in total. The first-order chi connectivity index (χ1) is 36.8. The number of allylic oxidation sites excluding steroid dienone is 1. The normalized spacial score (nSPS) is 18.0. The van der Waals surface area contributed by atoms with E-state index >= 15 is 0 Å². The summed E-state index contributed by atoms with van der Waals surface area (Å²) in [7, 11) is 1.39. The van der Waals surface area contributed by atoms with Gasteiger partial charge >= 0.3 is 35.8 Å². The van der Waals surface area contributed by atoms with Gasteiger partial charge in [-0.05, 0) is 170 Å². The van der Waals surface area contributed by atoms with Crippen molar-refractivity contribution in [3.63, 3.8) is 0 Å². The average molecular weight is 1080 g/mol. The fourth-order valence-electron chi connectivity index (χ4n) is 8.42. The Balaban J connectivity index is 0.000000301. The molecule has 0 bridgehead atoms. The molecule has 404 valence electrons. The van der Waals surface area contributed by atoms with E-state index in [2.05, 4.69) is 18.0 Å². The second-order valence-corrected chi connectivity index (χ2v) is 20.5. The Kier molecular flexibility index (Phi) is 25.5. The standard InChI is InChI=1S/C34H34N2O7S2.C24H32O7/c1-4-29(37)41-20-8-6-5-7-19-40-25-14-16-26(17-15-25)42-32(38)23-10-12-24(13-11-23)33(39)43-28-18-9-22(2)30-31(28)45-34(44-30)27(21-35)36-3;1-3-22(25)30-17-7-5-4-6-16-29-20-12-14-21(15-13-20)31-24(27)19-10-8-18(9-11-19)23(26)28-2/h4,9,14-18,23-24H,1,5-8,10-13,19-20H2,2H3;3,12-15,18-19H,1,4-11,16-17H2,2H3/b34-27-;. The minimum absolute atomic E-state index is 0.0257. The summed E-state index contributed by atoms with van der Waals surface area (Å²) in [6.45, 7) is 17.9. The first-order valence-corrected chi connectivity index (χ1v) is 27.3. The van der Waals surface area contributed by atoms with Gasteiger partial charge in [-0.15, -0.1) is 0 Å². The maximum absolute atomic E-state index is 13.1. The summed E-state index contributed by atoms with van der Waals surface area (Å²) in [5.74, 6) is -0.0518. The average Bonchev–Trinajstić information content (AvgIpc) is 3.91. The van der Waals surface area contributed by atoms with E-state index in [1.165, 1.54) is 30.6 Å². The lowest BCUT2D eigenvalue weighted by Gasteiger charge is -2.26. The number of carbonyl (C=O) groups excluding carboxylic acids is 6. The van der Waals surface area contributed by atoms with Crippen LogP contribution in [-0.4, -0.2) is 69.4 Å². The molecular weight excluding hydrogens is 1010 g/mol. The van der Waals surface area contributed by atoms with Crippen LogP contribution in [0.25, 0.3) is 4.85 Å². The van der Waals surface area contributed by atoms with E-state index in [0.29, 0.717) is 105 Å². The predicted molar refractivity (Wildman–Crippen MR) is 285 cm³/mol. The van der Waals surface area contributed by atoms with Gasteiger partial charge in [-0.2, -0.15) is 0 Å². The van der Waals surface area contributed by atoms with Crippen LogP contribution in [0.4, 0.5) is 0 Å². The third-order valence-electron chi connectivity index (χ3n) is 12.8. The topological polar surface area (TPSA) is 204 Å². The quantitative estimate of drug-likeness (QED) is 0.0147. The van der Waals surface area contributed by atoms with Gasteiger partial charge < -0.3 is 37.9 Å². The highest BCUT2D eigenvalue weighted by molar-refractivity contribution is 8.24. The first kappa shape index (κ1) is 59.9. The van der Waals surface area contributed by atoms with Crippen molar-refractivity contribution in [1.29, 1.82) is 5.26 Å². The van der Waals surface area contributed by atoms with Crippen molar-refractivity contribution in [2.24, 2.45) is 23.7 Å². The fraction of sp³-hybridized carbons (Fsp3) is 0.448. The van der Waals surface area contributed by atoms with Crippen molar-refractivity contribution in [2.45, 2.75) is 119 Å². The molecule has 0 unspecified atom stereocenters. The SMILES string of the molecule is C=CC(=O)OCCCCCCOc1ccc(OC(=O)C2CCC(C(=O)OC)CC2)cc1.[C-]#[N+]/C(C#N)=C1/Sc2c(C)ccc(OC(=O)C3CCC(C(=O)Oc4ccc(OCCCCCCOC(=O)C=C)cc4)CC3)c2S1. The van der Waals surface area contributed by atoms with Gasteiger partial charge in [0.2, 0.25) is 0 Å². The molecule has 1 aliphatic heterocycles. The van der Waals surface area contributed by atoms with Gasteiger partial charge in [0.25, 0.3) is 5.70 Å². The molecule has 0 saturated heterocycles. The van der Waals surface area contributed by atoms with Crippen LogP contribution in [0.1, 0.15) is 108 Å². The van der Waals surface area contributed by atoms with Gasteiger partial charge in [-0.25, -0.2) is 19.7 Å². The van der Waals surface area contributed by atoms with Gasteiger partial charge in [0.15, 0.2) is 0 Å². The van der Waals surface area contributed by atoms with Gasteiger partial charge in [0.05, 0.1) is 79.0 Å². The van der Waals surface area contributed by atoms with Crippen molar-refractivity contribution in [2.75, 3.05) is 33.5 Å². The van der Waals surface area contributed by atoms with Crippen molar-refractivity contribution in [1.82, 2.24) is 0 Å². The minimum atomic E-state index is -0.400. The Morgan fingerprint density at radius 1 is 0.566 bits per heavy atom. The van der Waals surface area contributed by atoms with Crippen molar-refractivity contribution >= 4 is 59.3 Å². The molecule has 3 aliphatic rings. The number of hydrogen-bond acceptors (Lipinski definition) is 17. The van der Waals surface area contributed by atoms with Crippen molar-refractivity contribution in [3.8, 4) is 34.8 Å². The van der Waals surface area contributed by atoms with E-state index in [4.69, 9.17) is 44.5 Å². The van der Waals surface area contributed by atoms with Crippen molar-refractivity contribution in [3.05, 3.63) is 113 Å². The van der Waals surface area contributed by atoms with Crippen LogP contribution >= 0.6 is 23.5 Å². The van der Waals surface area contributed by atoms with Crippen LogP contribution in [0, 0.1) is 48.5 Å². The maximum atomic E-state index is 13.1. The molecule has 0 N–H and O–H groups in total. The van der Waals surface area contributed by atoms with Crippen LogP contribution in [-0.2, 0) is 43.0 Å². The second kappa shape index (κ2) is 32.4. The minimum Gasteiger partial charge on any atom is -0.494 e. The molecule has 0 radical (unpaired) electrons. The highest BCUT2D eigenvalue weighted by atomic mass is 32.2. The number of ether oxygens (including phenoxy) is 8. The summed E-state index contributed by atoms with van der Waals surface area (Å²) in [5.41, 5.74) is 1.01. The number of rotatable bonds is 25. The molecule has 2 saturated carbocycles. The number of thioether (sulfide) groups is 2. The third kappa shape index (κ3) is 19.6. The van der Waals surface area contributed by atoms with E-state index < -0.39 is 5.97 Å². The molecule has 1 heterocycles. The second-order valence-electron chi connectivity index (χ2n) is 18.2. The Labute approximate surface area is 453 Å².